The molecule has 0 aromatic carbocycles. The quantitative estimate of drug-likeness (QED) is 0.838. The Morgan fingerprint density at radius 1 is 1.23 bits per heavy atom. The number of nitrogens with one attached hydrogen (secondary N) is 1. The Bertz CT molecular complexity index is 429. The van der Waals surface area contributed by atoms with Gasteiger partial charge in [-0.15, -0.1) is 0 Å². The highest BCUT2D eigenvalue weighted by atomic mass is 16.5. The lowest BCUT2D eigenvalue weighted by molar-refractivity contribution is -0.190. The molecule has 1 N–H and O–H groups in total. The zero-order valence-corrected chi connectivity index (χ0v) is 13.8. The van der Waals surface area contributed by atoms with Crippen LogP contribution in [0, 0.1) is 17.8 Å². The van der Waals surface area contributed by atoms with E-state index in [1.54, 1.807) is 0 Å². The van der Waals surface area contributed by atoms with E-state index in [1.165, 1.54) is 12.8 Å². The first kappa shape index (κ1) is 15.8. The summed E-state index contributed by atoms with van der Waals surface area (Å²) >= 11 is 0. The van der Waals surface area contributed by atoms with E-state index in [1.807, 2.05) is 18.7 Å². The van der Waals surface area contributed by atoms with Crippen molar-refractivity contribution in [2.75, 3.05) is 26.2 Å². The number of ether oxygens (including phenoxy) is 1. The summed E-state index contributed by atoms with van der Waals surface area (Å²) in [5.41, 5.74) is -0.0981. The molecule has 2 saturated heterocycles. The number of likely N-dealkylation sites (tertiary alicyclic amines) is 1. The highest BCUT2D eigenvalue weighted by Gasteiger charge is 2.48. The van der Waals surface area contributed by atoms with E-state index in [-0.39, 0.29) is 23.3 Å². The number of hydrogen-bond acceptors (Lipinski definition) is 3. The van der Waals surface area contributed by atoms with Gasteiger partial charge in [-0.1, -0.05) is 13.8 Å². The van der Waals surface area contributed by atoms with E-state index >= 15 is 0 Å². The molecule has 3 fully saturated rings. The number of carbonyl (C=O) groups excluding carboxylic acids is 2. The minimum Gasteiger partial charge on any atom is -0.371 e. The average Bonchev–Trinajstić information content (AvgIpc) is 3.26. The molecule has 3 rings (SSSR count). The van der Waals surface area contributed by atoms with Gasteiger partial charge in [-0.3, -0.25) is 9.59 Å². The zero-order chi connectivity index (χ0) is 15.7. The van der Waals surface area contributed by atoms with Crippen LogP contribution in [-0.2, 0) is 14.3 Å². The molecule has 0 bridgehead atoms. The summed E-state index contributed by atoms with van der Waals surface area (Å²) in [6.45, 7) is 6.80. The molecule has 2 amide bonds. The lowest BCUT2D eigenvalue weighted by atomic mass is 9.82. The molecule has 0 aromatic heterocycles. The van der Waals surface area contributed by atoms with Crippen molar-refractivity contribution in [1.29, 1.82) is 0 Å². The Morgan fingerprint density at radius 2 is 1.95 bits per heavy atom. The third-order valence-corrected chi connectivity index (χ3v) is 5.16. The Kier molecular flexibility index (Phi) is 4.44. The van der Waals surface area contributed by atoms with Crippen molar-refractivity contribution in [2.24, 2.45) is 17.8 Å². The molecule has 1 unspecified atom stereocenters. The van der Waals surface area contributed by atoms with Crippen LogP contribution in [0.4, 0.5) is 0 Å². The second-order valence-electron chi connectivity index (χ2n) is 7.70. The smallest absolute Gasteiger partial charge is 0.225 e. The average molecular weight is 308 g/mol. The van der Waals surface area contributed by atoms with Gasteiger partial charge in [0.1, 0.15) is 5.60 Å². The van der Waals surface area contributed by atoms with Gasteiger partial charge in [0.2, 0.25) is 11.8 Å². The van der Waals surface area contributed by atoms with Gasteiger partial charge in [-0.2, -0.15) is 0 Å². The molecule has 5 nitrogen and oxygen atoms in total. The fourth-order valence-electron chi connectivity index (χ4n) is 3.41. The van der Waals surface area contributed by atoms with E-state index in [2.05, 4.69) is 5.32 Å². The van der Waals surface area contributed by atoms with Crippen molar-refractivity contribution in [2.45, 2.75) is 51.6 Å². The van der Waals surface area contributed by atoms with E-state index < -0.39 is 0 Å². The maximum Gasteiger partial charge on any atom is 0.225 e. The molecular weight excluding hydrogens is 280 g/mol. The fraction of sp³-hybridized carbons (Fsp3) is 0.882. The van der Waals surface area contributed by atoms with Gasteiger partial charge in [-0.25, -0.2) is 0 Å². The van der Waals surface area contributed by atoms with Crippen molar-refractivity contribution in [3.05, 3.63) is 0 Å². The van der Waals surface area contributed by atoms with Gasteiger partial charge < -0.3 is 15.0 Å². The summed E-state index contributed by atoms with van der Waals surface area (Å²) in [6, 6.07) is 0. The summed E-state index contributed by atoms with van der Waals surface area (Å²) in [6.07, 6.45) is 5.21. The lowest BCUT2D eigenvalue weighted by Crippen LogP contribution is -2.67. The van der Waals surface area contributed by atoms with Gasteiger partial charge in [0.15, 0.2) is 0 Å². The van der Waals surface area contributed by atoms with Crippen LogP contribution in [0.3, 0.4) is 0 Å². The molecule has 5 heteroatoms. The predicted octanol–water partition coefficient (Wildman–Crippen LogP) is 1.57. The van der Waals surface area contributed by atoms with Gasteiger partial charge in [-0.05, 0) is 37.5 Å². The van der Waals surface area contributed by atoms with Crippen molar-refractivity contribution in [3.63, 3.8) is 0 Å². The first-order chi connectivity index (χ1) is 10.5. The SMILES string of the molecule is CC(C)C(=O)N1CC2(CCC(CNC(=O)CC3CC3)CO2)C1. The van der Waals surface area contributed by atoms with E-state index in [0.717, 1.165) is 32.5 Å². The molecule has 0 aromatic rings. The highest BCUT2D eigenvalue weighted by molar-refractivity contribution is 5.79. The Labute approximate surface area is 132 Å². The molecule has 2 heterocycles. The molecule has 22 heavy (non-hydrogen) atoms. The molecule has 3 aliphatic rings. The highest BCUT2D eigenvalue weighted by Crippen LogP contribution is 2.36. The number of amides is 2. The minimum absolute atomic E-state index is 0.0652. The maximum absolute atomic E-state index is 11.9. The third kappa shape index (κ3) is 3.62. The molecule has 1 aliphatic carbocycles. The van der Waals surface area contributed by atoms with Gasteiger partial charge >= 0.3 is 0 Å². The third-order valence-electron chi connectivity index (χ3n) is 5.16. The fourth-order valence-corrected chi connectivity index (χ4v) is 3.41. The molecular formula is C17H28N2O3. The lowest BCUT2D eigenvalue weighted by Gasteiger charge is -2.53. The van der Waals surface area contributed by atoms with Crippen LogP contribution in [0.2, 0.25) is 0 Å². The summed E-state index contributed by atoms with van der Waals surface area (Å²) < 4.78 is 6.05. The molecule has 2 aliphatic heterocycles. The standard InChI is InChI=1S/C17H28N2O3/c1-12(2)16(21)19-10-17(11-19)6-5-14(9-22-17)8-18-15(20)7-13-3-4-13/h12-14H,3-11H2,1-2H3,(H,18,20). The Morgan fingerprint density at radius 3 is 2.50 bits per heavy atom. The van der Waals surface area contributed by atoms with Crippen LogP contribution in [0.5, 0.6) is 0 Å². The largest absolute Gasteiger partial charge is 0.371 e. The van der Waals surface area contributed by atoms with Crippen molar-refractivity contribution in [1.82, 2.24) is 10.2 Å². The number of carbonyl (C=O) groups is 2. The normalized spacial score (nSPS) is 26.9. The van der Waals surface area contributed by atoms with Crippen molar-refractivity contribution >= 4 is 11.8 Å². The summed E-state index contributed by atoms with van der Waals surface area (Å²) in [7, 11) is 0. The van der Waals surface area contributed by atoms with Gasteiger partial charge in [0.05, 0.1) is 19.7 Å². The molecule has 1 atom stereocenters. The van der Waals surface area contributed by atoms with Crippen LogP contribution in [0.25, 0.3) is 0 Å². The molecule has 0 radical (unpaired) electrons. The number of nitrogens with zero attached hydrogens (tertiary/aromatic N) is 1. The topological polar surface area (TPSA) is 58.6 Å². The van der Waals surface area contributed by atoms with Crippen molar-refractivity contribution < 1.29 is 14.3 Å². The van der Waals surface area contributed by atoms with Crippen LogP contribution < -0.4 is 5.32 Å². The zero-order valence-electron chi connectivity index (χ0n) is 13.8. The molecule has 1 spiro atoms. The van der Waals surface area contributed by atoms with Gasteiger partial charge in [0.25, 0.3) is 0 Å². The van der Waals surface area contributed by atoms with Crippen molar-refractivity contribution in [3.8, 4) is 0 Å². The second kappa shape index (κ2) is 6.19. The van der Waals surface area contributed by atoms with Crippen LogP contribution in [0.15, 0.2) is 0 Å². The van der Waals surface area contributed by atoms with Crippen LogP contribution >= 0.6 is 0 Å². The Hall–Kier alpha value is -1.10. The van der Waals surface area contributed by atoms with E-state index in [0.29, 0.717) is 24.9 Å². The van der Waals surface area contributed by atoms with Gasteiger partial charge in [0, 0.05) is 18.9 Å². The van der Waals surface area contributed by atoms with E-state index in [9.17, 15) is 9.59 Å². The van der Waals surface area contributed by atoms with Crippen LogP contribution in [-0.4, -0.2) is 48.6 Å². The van der Waals surface area contributed by atoms with E-state index in [4.69, 9.17) is 4.74 Å². The second-order valence-corrected chi connectivity index (χ2v) is 7.70. The number of hydrogen-bond donors (Lipinski definition) is 1. The number of rotatable bonds is 5. The van der Waals surface area contributed by atoms with Crippen LogP contribution in [0.1, 0.15) is 46.0 Å². The monoisotopic (exact) mass is 308 g/mol. The Balaban J connectivity index is 1.34. The summed E-state index contributed by atoms with van der Waals surface area (Å²) in [5, 5.41) is 3.05. The molecule has 124 valence electrons. The predicted molar refractivity (Wildman–Crippen MR) is 83.2 cm³/mol. The summed E-state index contributed by atoms with van der Waals surface area (Å²) in [4.78, 5) is 25.5. The summed E-state index contributed by atoms with van der Waals surface area (Å²) in [5.74, 6) is 1.55. The molecule has 1 saturated carbocycles. The first-order valence-corrected chi connectivity index (χ1v) is 8.67. The first-order valence-electron chi connectivity index (χ1n) is 8.67. The maximum atomic E-state index is 11.9. The minimum atomic E-state index is -0.0981.